The summed E-state index contributed by atoms with van der Waals surface area (Å²) in [4.78, 5) is 14.5. The summed E-state index contributed by atoms with van der Waals surface area (Å²) >= 11 is 0. The Labute approximate surface area is 125 Å². The van der Waals surface area contributed by atoms with Gasteiger partial charge in [0.15, 0.2) is 0 Å². The molecule has 21 heavy (non-hydrogen) atoms. The first-order valence-corrected chi connectivity index (χ1v) is 7.33. The van der Waals surface area contributed by atoms with Crippen LogP contribution in [0.25, 0.3) is 0 Å². The Morgan fingerprint density at radius 1 is 1.14 bits per heavy atom. The van der Waals surface area contributed by atoms with E-state index in [0.29, 0.717) is 0 Å². The molecule has 1 amide bonds. The smallest absolute Gasteiger partial charge is 0.244 e. The molecule has 1 aliphatic rings. The van der Waals surface area contributed by atoms with Crippen LogP contribution in [0.4, 0.5) is 0 Å². The molecule has 0 saturated carbocycles. The van der Waals surface area contributed by atoms with Crippen LogP contribution in [0.1, 0.15) is 35.2 Å². The minimum Gasteiger partial charge on any atom is -0.337 e. The first-order chi connectivity index (χ1) is 10.2. The van der Waals surface area contributed by atoms with Crippen molar-refractivity contribution in [2.75, 3.05) is 7.05 Å². The average Bonchev–Trinajstić information content (AvgIpc) is 2.97. The number of nitrogens with zero attached hydrogens (tertiary/aromatic N) is 1. The lowest BCUT2D eigenvalue weighted by atomic mass is 10.0. The highest BCUT2D eigenvalue weighted by molar-refractivity contribution is 5.83. The lowest BCUT2D eigenvalue weighted by Crippen LogP contribution is -2.37. The number of benzene rings is 2. The molecule has 1 unspecified atom stereocenters. The van der Waals surface area contributed by atoms with Gasteiger partial charge >= 0.3 is 0 Å². The van der Waals surface area contributed by atoms with Crippen molar-refractivity contribution in [3.8, 4) is 0 Å². The highest BCUT2D eigenvalue weighted by atomic mass is 16.2. The molecule has 3 heteroatoms. The molecule has 0 aromatic heterocycles. The number of fused-ring (bicyclic) bond motifs is 1. The Bertz CT molecular complexity index is 639. The first kappa shape index (κ1) is 13.8. The van der Waals surface area contributed by atoms with Crippen molar-refractivity contribution in [2.45, 2.75) is 24.9 Å². The third-order valence-electron chi connectivity index (χ3n) is 4.34. The predicted octanol–water partition coefficient (Wildman–Crippen LogP) is 2.83. The molecule has 2 N–H and O–H groups in total. The maximum absolute atomic E-state index is 12.6. The van der Waals surface area contributed by atoms with Crippen LogP contribution in [-0.4, -0.2) is 17.9 Å². The molecular weight excluding hydrogens is 260 g/mol. The topological polar surface area (TPSA) is 46.3 Å². The van der Waals surface area contributed by atoms with Crippen LogP contribution in [0.3, 0.4) is 0 Å². The SMILES string of the molecule is CN(C(=O)[C@H](N)c1ccccc1)C1CCc2ccccc21. The van der Waals surface area contributed by atoms with E-state index in [1.165, 1.54) is 11.1 Å². The monoisotopic (exact) mass is 280 g/mol. The number of hydrogen-bond donors (Lipinski definition) is 1. The third kappa shape index (κ3) is 2.57. The van der Waals surface area contributed by atoms with Gasteiger partial charge in [-0.05, 0) is 29.5 Å². The Hall–Kier alpha value is -2.13. The van der Waals surface area contributed by atoms with Gasteiger partial charge in [0.2, 0.25) is 5.91 Å². The molecule has 1 aliphatic carbocycles. The zero-order chi connectivity index (χ0) is 14.8. The summed E-state index contributed by atoms with van der Waals surface area (Å²) in [5.74, 6) is -0.0251. The number of nitrogens with two attached hydrogens (primary N) is 1. The number of carbonyl (C=O) groups excluding carboxylic acids is 1. The van der Waals surface area contributed by atoms with Gasteiger partial charge in [0.1, 0.15) is 6.04 Å². The van der Waals surface area contributed by atoms with Crippen molar-refractivity contribution in [3.63, 3.8) is 0 Å². The summed E-state index contributed by atoms with van der Waals surface area (Å²) in [6, 6.07) is 17.4. The molecule has 0 bridgehead atoms. The van der Waals surface area contributed by atoms with Crippen LogP contribution in [0, 0.1) is 0 Å². The first-order valence-electron chi connectivity index (χ1n) is 7.33. The van der Waals surface area contributed by atoms with Crippen molar-refractivity contribution in [2.24, 2.45) is 5.73 Å². The van der Waals surface area contributed by atoms with Crippen LogP contribution in [0.5, 0.6) is 0 Å². The zero-order valence-electron chi connectivity index (χ0n) is 12.2. The van der Waals surface area contributed by atoms with Crippen molar-refractivity contribution < 1.29 is 4.79 Å². The van der Waals surface area contributed by atoms with Crippen LogP contribution in [-0.2, 0) is 11.2 Å². The summed E-state index contributed by atoms with van der Waals surface area (Å²) < 4.78 is 0. The fourth-order valence-electron chi connectivity index (χ4n) is 3.11. The van der Waals surface area contributed by atoms with Crippen LogP contribution < -0.4 is 5.73 Å². The van der Waals surface area contributed by atoms with Gasteiger partial charge in [-0.3, -0.25) is 4.79 Å². The molecule has 0 saturated heterocycles. The van der Waals surface area contributed by atoms with E-state index in [4.69, 9.17) is 5.73 Å². The van der Waals surface area contributed by atoms with Crippen LogP contribution in [0.15, 0.2) is 54.6 Å². The van der Waals surface area contributed by atoms with Crippen molar-refractivity contribution in [1.82, 2.24) is 4.90 Å². The van der Waals surface area contributed by atoms with Crippen LogP contribution in [0.2, 0.25) is 0 Å². The normalized spacial score (nSPS) is 18.1. The predicted molar refractivity (Wildman–Crippen MR) is 83.6 cm³/mol. The largest absolute Gasteiger partial charge is 0.337 e. The molecule has 0 radical (unpaired) electrons. The molecular formula is C18H20N2O. The van der Waals surface area contributed by atoms with E-state index < -0.39 is 6.04 Å². The second kappa shape index (κ2) is 5.70. The van der Waals surface area contributed by atoms with Gasteiger partial charge in [0, 0.05) is 7.05 Å². The minimum atomic E-state index is -0.594. The summed E-state index contributed by atoms with van der Waals surface area (Å²) in [6.45, 7) is 0. The summed E-state index contributed by atoms with van der Waals surface area (Å²) in [6.07, 6.45) is 2.00. The van der Waals surface area contributed by atoms with E-state index in [-0.39, 0.29) is 11.9 Å². The van der Waals surface area contributed by atoms with E-state index in [1.807, 2.05) is 48.3 Å². The van der Waals surface area contributed by atoms with Gasteiger partial charge < -0.3 is 10.6 Å². The quantitative estimate of drug-likeness (QED) is 0.939. The molecule has 3 rings (SSSR count). The minimum absolute atomic E-state index is 0.0251. The maximum atomic E-state index is 12.6. The Balaban J connectivity index is 1.80. The number of aryl methyl sites for hydroxylation is 1. The zero-order valence-corrected chi connectivity index (χ0v) is 12.2. The Kier molecular flexibility index (Phi) is 3.76. The number of rotatable bonds is 3. The standard InChI is InChI=1S/C18H20N2O/c1-20(16-12-11-13-7-5-6-10-15(13)16)18(21)17(19)14-8-3-2-4-9-14/h2-10,16-17H,11-12,19H2,1H3/t16?,17-/m1/s1. The van der Waals surface area contributed by atoms with E-state index in [0.717, 1.165) is 18.4 Å². The molecule has 2 aromatic carbocycles. The summed E-state index contributed by atoms with van der Waals surface area (Å²) in [5.41, 5.74) is 9.60. The summed E-state index contributed by atoms with van der Waals surface area (Å²) in [7, 11) is 1.86. The molecule has 108 valence electrons. The number of hydrogen-bond acceptors (Lipinski definition) is 2. The van der Waals surface area contributed by atoms with E-state index in [9.17, 15) is 4.79 Å². The van der Waals surface area contributed by atoms with E-state index in [1.54, 1.807) is 0 Å². The van der Waals surface area contributed by atoms with Crippen LogP contribution >= 0.6 is 0 Å². The Morgan fingerprint density at radius 2 is 1.81 bits per heavy atom. The van der Waals surface area contributed by atoms with Gasteiger partial charge in [-0.25, -0.2) is 0 Å². The fourth-order valence-corrected chi connectivity index (χ4v) is 3.11. The molecule has 2 aromatic rings. The van der Waals surface area contributed by atoms with Gasteiger partial charge in [-0.2, -0.15) is 0 Å². The molecule has 3 nitrogen and oxygen atoms in total. The van der Waals surface area contributed by atoms with E-state index in [2.05, 4.69) is 18.2 Å². The lowest BCUT2D eigenvalue weighted by Gasteiger charge is -2.28. The second-order valence-corrected chi connectivity index (χ2v) is 5.59. The molecule has 0 heterocycles. The van der Waals surface area contributed by atoms with E-state index >= 15 is 0 Å². The molecule has 0 fully saturated rings. The van der Waals surface area contributed by atoms with Gasteiger partial charge in [-0.15, -0.1) is 0 Å². The number of likely N-dealkylation sites (N-methyl/N-ethyl adjacent to an activating group) is 1. The fraction of sp³-hybridized carbons (Fsp3) is 0.278. The molecule has 2 atom stereocenters. The van der Waals surface area contributed by atoms with Gasteiger partial charge in [-0.1, -0.05) is 54.6 Å². The Morgan fingerprint density at radius 3 is 2.57 bits per heavy atom. The number of amides is 1. The van der Waals surface area contributed by atoms with Gasteiger partial charge in [0.25, 0.3) is 0 Å². The number of carbonyl (C=O) groups is 1. The summed E-state index contributed by atoms with van der Waals surface area (Å²) in [5, 5.41) is 0. The van der Waals surface area contributed by atoms with Crippen molar-refractivity contribution in [3.05, 3.63) is 71.3 Å². The maximum Gasteiger partial charge on any atom is 0.244 e. The van der Waals surface area contributed by atoms with Crippen molar-refractivity contribution in [1.29, 1.82) is 0 Å². The third-order valence-corrected chi connectivity index (χ3v) is 4.34. The highest BCUT2D eigenvalue weighted by Gasteiger charge is 2.30. The van der Waals surface area contributed by atoms with Gasteiger partial charge in [0.05, 0.1) is 6.04 Å². The molecule has 0 aliphatic heterocycles. The average molecular weight is 280 g/mol. The molecule has 0 spiro atoms. The highest BCUT2D eigenvalue weighted by Crippen LogP contribution is 2.35. The lowest BCUT2D eigenvalue weighted by molar-refractivity contribution is -0.133. The second-order valence-electron chi connectivity index (χ2n) is 5.59. The van der Waals surface area contributed by atoms with Crippen molar-refractivity contribution >= 4 is 5.91 Å².